The van der Waals surface area contributed by atoms with Gasteiger partial charge in [-0.2, -0.15) is 0 Å². The number of hydrogen-bond acceptors (Lipinski definition) is 3. The molecule has 0 amide bonds. The first kappa shape index (κ1) is 10.7. The summed E-state index contributed by atoms with van der Waals surface area (Å²) in [6, 6.07) is 12.0. The van der Waals surface area contributed by atoms with Crippen molar-refractivity contribution in [1.29, 1.82) is 0 Å². The van der Waals surface area contributed by atoms with Gasteiger partial charge in [0.1, 0.15) is 0 Å². The van der Waals surface area contributed by atoms with E-state index in [1.54, 1.807) is 0 Å². The van der Waals surface area contributed by atoms with Gasteiger partial charge in [0, 0.05) is 0 Å². The highest BCUT2D eigenvalue weighted by atomic mass is 79.9. The van der Waals surface area contributed by atoms with E-state index in [1.807, 2.05) is 36.4 Å². The molecule has 0 radical (unpaired) electrons. The van der Waals surface area contributed by atoms with Crippen molar-refractivity contribution >= 4 is 15.9 Å². The van der Waals surface area contributed by atoms with E-state index < -0.39 is 0 Å². The quantitative estimate of drug-likeness (QED) is 0.658. The van der Waals surface area contributed by atoms with Crippen LogP contribution in [0.1, 0.15) is 0 Å². The molecular formula is C9H11BrO3. The van der Waals surface area contributed by atoms with Crippen LogP contribution in [-0.4, -0.2) is 18.8 Å². The fourth-order valence-electron chi connectivity index (χ4n) is 0.670. The average molecular weight is 247 g/mol. The summed E-state index contributed by atoms with van der Waals surface area (Å²) >= 11 is 3.06. The fourth-order valence-corrected chi connectivity index (χ4v) is 0.886. The Bertz CT molecular complexity index is 173. The summed E-state index contributed by atoms with van der Waals surface area (Å²) in [5.41, 5.74) is 0. The molecule has 1 aromatic rings. The molecule has 2 rings (SSSR count). The van der Waals surface area contributed by atoms with E-state index in [4.69, 9.17) is 9.47 Å². The van der Waals surface area contributed by atoms with Gasteiger partial charge in [-0.05, 0) is 15.9 Å². The number of rotatable bonds is 0. The van der Waals surface area contributed by atoms with Crippen molar-refractivity contribution < 1.29 is 14.2 Å². The molecule has 3 nitrogen and oxygen atoms in total. The van der Waals surface area contributed by atoms with Crippen LogP contribution in [0.5, 0.6) is 0 Å². The third-order valence-corrected chi connectivity index (χ3v) is 1.76. The minimum absolute atomic E-state index is 0.277. The predicted octanol–water partition coefficient (Wildman–Crippen LogP) is 2.33. The third-order valence-electron chi connectivity index (χ3n) is 1.23. The Labute approximate surface area is 85.7 Å². The summed E-state index contributed by atoms with van der Waals surface area (Å²) in [5, 5.41) is -0.277. The van der Waals surface area contributed by atoms with Crippen molar-refractivity contribution in [3.63, 3.8) is 0 Å². The molecule has 0 aliphatic carbocycles. The van der Waals surface area contributed by atoms with Crippen LogP contribution in [0.3, 0.4) is 0 Å². The summed E-state index contributed by atoms with van der Waals surface area (Å²) in [4.78, 5) is 0. The molecule has 0 aromatic heterocycles. The molecule has 1 fully saturated rings. The molecule has 1 saturated heterocycles. The molecule has 0 N–H and O–H groups in total. The van der Waals surface area contributed by atoms with Crippen LogP contribution in [0.25, 0.3) is 0 Å². The van der Waals surface area contributed by atoms with Crippen molar-refractivity contribution in [2.75, 3.05) is 13.6 Å². The van der Waals surface area contributed by atoms with Crippen molar-refractivity contribution in [3.8, 4) is 0 Å². The van der Waals surface area contributed by atoms with E-state index in [0.29, 0.717) is 13.6 Å². The van der Waals surface area contributed by atoms with Crippen LogP contribution in [-0.2, 0) is 14.2 Å². The first-order valence-electron chi connectivity index (χ1n) is 3.84. The second-order valence-corrected chi connectivity index (χ2v) is 2.95. The average Bonchev–Trinajstić information content (AvgIpc) is 2.22. The lowest BCUT2D eigenvalue weighted by atomic mass is 10.4. The fraction of sp³-hybridized carbons (Fsp3) is 0.333. The van der Waals surface area contributed by atoms with Gasteiger partial charge in [0.25, 0.3) is 0 Å². The van der Waals surface area contributed by atoms with Gasteiger partial charge in [-0.25, -0.2) is 0 Å². The van der Waals surface area contributed by atoms with Gasteiger partial charge in [0.2, 0.25) is 5.20 Å². The second kappa shape index (κ2) is 7.03. The monoisotopic (exact) mass is 246 g/mol. The molecule has 0 unspecified atom stereocenters. The van der Waals surface area contributed by atoms with E-state index >= 15 is 0 Å². The predicted molar refractivity (Wildman–Crippen MR) is 52.1 cm³/mol. The lowest BCUT2D eigenvalue weighted by molar-refractivity contribution is -0.261. The van der Waals surface area contributed by atoms with Gasteiger partial charge < -0.3 is 14.2 Å². The zero-order chi connectivity index (χ0) is 9.36. The van der Waals surface area contributed by atoms with Crippen LogP contribution < -0.4 is 0 Å². The minimum Gasteiger partial charge on any atom is -0.329 e. The molecule has 1 heterocycles. The third kappa shape index (κ3) is 5.76. The molecule has 1 aliphatic heterocycles. The Morgan fingerprint density at radius 2 is 1.23 bits per heavy atom. The van der Waals surface area contributed by atoms with Crippen molar-refractivity contribution in [1.82, 2.24) is 0 Å². The largest absolute Gasteiger partial charge is 0.329 e. The van der Waals surface area contributed by atoms with Crippen LogP contribution in [0.15, 0.2) is 36.4 Å². The standard InChI is InChI=1S/C6H6.C3H5BrO3/c1-2-4-6-5-3-1;4-3-6-1-5-2-7-3/h1-6H;3H,1-2H2. The van der Waals surface area contributed by atoms with Gasteiger partial charge in [0.05, 0.1) is 0 Å². The first-order chi connectivity index (χ1) is 6.39. The Morgan fingerprint density at radius 1 is 0.846 bits per heavy atom. The number of hydrogen-bond donors (Lipinski definition) is 0. The maximum atomic E-state index is 4.75. The molecule has 13 heavy (non-hydrogen) atoms. The van der Waals surface area contributed by atoms with Crippen LogP contribution >= 0.6 is 15.9 Å². The molecule has 1 aromatic carbocycles. The van der Waals surface area contributed by atoms with Crippen molar-refractivity contribution in [2.24, 2.45) is 0 Å². The summed E-state index contributed by atoms with van der Waals surface area (Å²) in [7, 11) is 0. The summed E-state index contributed by atoms with van der Waals surface area (Å²) in [6.07, 6.45) is 0. The van der Waals surface area contributed by atoms with E-state index in [-0.39, 0.29) is 5.20 Å². The van der Waals surface area contributed by atoms with Gasteiger partial charge >= 0.3 is 0 Å². The molecule has 0 bridgehead atoms. The Balaban J connectivity index is 0.000000132. The number of alkyl halides is 1. The lowest BCUT2D eigenvalue weighted by Crippen LogP contribution is -2.20. The van der Waals surface area contributed by atoms with E-state index in [9.17, 15) is 0 Å². The van der Waals surface area contributed by atoms with Gasteiger partial charge in [-0.15, -0.1) is 0 Å². The molecular weight excluding hydrogens is 236 g/mol. The summed E-state index contributed by atoms with van der Waals surface area (Å²) in [6.45, 7) is 0.631. The van der Waals surface area contributed by atoms with Crippen LogP contribution in [0.4, 0.5) is 0 Å². The highest BCUT2D eigenvalue weighted by Gasteiger charge is 2.07. The van der Waals surface area contributed by atoms with Gasteiger partial charge in [0.15, 0.2) is 13.6 Å². The second-order valence-electron chi connectivity index (χ2n) is 2.20. The zero-order valence-electron chi connectivity index (χ0n) is 7.06. The van der Waals surface area contributed by atoms with Crippen LogP contribution in [0.2, 0.25) is 0 Å². The smallest absolute Gasteiger partial charge is 0.219 e. The molecule has 0 saturated carbocycles. The number of benzene rings is 1. The normalized spacial score (nSPS) is 17.3. The Kier molecular flexibility index (Phi) is 5.76. The number of ether oxygens (including phenoxy) is 3. The molecule has 0 spiro atoms. The molecule has 72 valence electrons. The van der Waals surface area contributed by atoms with Crippen molar-refractivity contribution in [3.05, 3.63) is 36.4 Å². The Morgan fingerprint density at radius 3 is 1.46 bits per heavy atom. The lowest BCUT2D eigenvalue weighted by Gasteiger charge is -2.17. The van der Waals surface area contributed by atoms with Crippen LogP contribution in [0, 0.1) is 0 Å². The molecule has 0 atom stereocenters. The van der Waals surface area contributed by atoms with E-state index in [2.05, 4.69) is 20.7 Å². The minimum atomic E-state index is -0.277. The SMILES string of the molecule is BrC1OCOCO1.c1ccccc1. The molecule has 4 heteroatoms. The number of halogens is 1. The zero-order valence-corrected chi connectivity index (χ0v) is 8.64. The van der Waals surface area contributed by atoms with Crippen molar-refractivity contribution in [2.45, 2.75) is 5.20 Å². The topological polar surface area (TPSA) is 27.7 Å². The Hall–Kier alpha value is -0.420. The van der Waals surface area contributed by atoms with Gasteiger partial charge in [-0.1, -0.05) is 36.4 Å². The highest BCUT2D eigenvalue weighted by Crippen LogP contribution is 2.07. The summed E-state index contributed by atoms with van der Waals surface area (Å²) in [5.74, 6) is 0. The van der Waals surface area contributed by atoms with Gasteiger partial charge in [-0.3, -0.25) is 0 Å². The molecule has 1 aliphatic rings. The first-order valence-corrected chi connectivity index (χ1v) is 4.76. The van der Waals surface area contributed by atoms with E-state index in [1.165, 1.54) is 0 Å². The maximum absolute atomic E-state index is 4.75. The maximum Gasteiger partial charge on any atom is 0.219 e. The highest BCUT2D eigenvalue weighted by molar-refractivity contribution is 9.09. The van der Waals surface area contributed by atoms with E-state index in [0.717, 1.165) is 0 Å². The summed E-state index contributed by atoms with van der Waals surface area (Å²) < 4.78 is 14.2.